The number of rotatable bonds is 3. The Balaban J connectivity index is 1.57. The minimum atomic E-state index is 0.480. The van der Waals surface area contributed by atoms with Crippen LogP contribution in [0.5, 0.6) is 0 Å². The Morgan fingerprint density at radius 2 is 2.04 bits per heavy atom. The van der Waals surface area contributed by atoms with Gasteiger partial charge in [0.1, 0.15) is 11.5 Å². The molecule has 2 aromatic rings. The summed E-state index contributed by atoms with van der Waals surface area (Å²) in [4.78, 5) is 11.5. The zero-order valence-corrected chi connectivity index (χ0v) is 16.1. The van der Waals surface area contributed by atoms with E-state index in [-0.39, 0.29) is 0 Å². The van der Waals surface area contributed by atoms with Crippen molar-refractivity contribution >= 4 is 5.71 Å². The first-order chi connectivity index (χ1) is 13.3. The summed E-state index contributed by atoms with van der Waals surface area (Å²) in [5.41, 5.74) is 5.72. The van der Waals surface area contributed by atoms with Crippen LogP contribution >= 0.6 is 0 Å². The first-order valence-electron chi connectivity index (χ1n) is 10.2. The Bertz CT molecular complexity index is 839. The number of nitrogens with one attached hydrogen (secondary N) is 2. The Hall–Kier alpha value is -2.49. The van der Waals surface area contributed by atoms with Crippen molar-refractivity contribution in [1.29, 1.82) is 0 Å². The van der Waals surface area contributed by atoms with Gasteiger partial charge in [-0.25, -0.2) is 4.99 Å². The van der Waals surface area contributed by atoms with Gasteiger partial charge < -0.3 is 14.7 Å². The van der Waals surface area contributed by atoms with Crippen molar-refractivity contribution in [3.8, 4) is 0 Å². The van der Waals surface area contributed by atoms with Crippen molar-refractivity contribution in [2.45, 2.75) is 51.4 Å². The average molecular weight is 364 g/mol. The van der Waals surface area contributed by atoms with Crippen LogP contribution in [0.4, 0.5) is 0 Å². The van der Waals surface area contributed by atoms with Gasteiger partial charge in [-0.15, -0.1) is 0 Å². The highest BCUT2D eigenvalue weighted by atomic mass is 16.5. The number of hydrogen-bond acceptors (Lipinski definition) is 2. The number of aryl methyl sites for hydroxylation is 1. The normalized spacial score (nSPS) is 22.7. The Morgan fingerprint density at radius 3 is 2.89 bits per heavy atom. The molecule has 4 nitrogen and oxygen atoms in total. The average Bonchev–Trinajstić information content (AvgIpc) is 3.40. The Labute approximate surface area is 161 Å². The van der Waals surface area contributed by atoms with Gasteiger partial charge in [0.15, 0.2) is 0 Å². The lowest BCUT2D eigenvalue weighted by Gasteiger charge is -2.14. The molecular weight excluding hydrogens is 334 g/mol. The van der Waals surface area contributed by atoms with Gasteiger partial charge in [0.2, 0.25) is 0 Å². The molecule has 142 valence electrons. The topological polar surface area (TPSA) is 53.2 Å². The summed E-state index contributed by atoms with van der Waals surface area (Å²) in [6.45, 7) is 0. The van der Waals surface area contributed by atoms with Gasteiger partial charge >= 0.3 is 0 Å². The van der Waals surface area contributed by atoms with Gasteiger partial charge in [-0.05, 0) is 55.4 Å². The number of ether oxygens (including phenoxy) is 1. The van der Waals surface area contributed by atoms with Crippen molar-refractivity contribution in [1.82, 2.24) is 9.97 Å². The number of aromatic nitrogens is 2. The van der Waals surface area contributed by atoms with Crippen molar-refractivity contribution in [3.05, 3.63) is 71.2 Å². The lowest BCUT2D eigenvalue weighted by Crippen LogP contribution is -2.03. The molecule has 0 fully saturated rings. The highest BCUT2D eigenvalue weighted by molar-refractivity contribution is 6.10. The fraction of sp³-hybridized carbons (Fsp3) is 0.435. The van der Waals surface area contributed by atoms with Crippen molar-refractivity contribution < 1.29 is 4.74 Å². The van der Waals surface area contributed by atoms with E-state index in [0.717, 1.165) is 29.3 Å². The van der Waals surface area contributed by atoms with E-state index in [1.165, 1.54) is 56.2 Å². The van der Waals surface area contributed by atoms with Gasteiger partial charge in [0.05, 0.1) is 18.5 Å². The number of nitrogens with zero attached hydrogens (tertiary/aromatic N) is 1. The third-order valence-electron chi connectivity index (χ3n) is 5.57. The third kappa shape index (κ3) is 4.44. The van der Waals surface area contributed by atoms with Gasteiger partial charge in [0, 0.05) is 24.2 Å². The zero-order valence-electron chi connectivity index (χ0n) is 16.1. The maximum Gasteiger partial charge on any atom is 0.146 e. The second-order valence-electron chi connectivity index (χ2n) is 7.65. The maximum absolute atomic E-state index is 5.62. The van der Waals surface area contributed by atoms with Crippen LogP contribution in [0.3, 0.4) is 0 Å². The smallest absolute Gasteiger partial charge is 0.146 e. The fourth-order valence-corrected chi connectivity index (χ4v) is 4.10. The second-order valence-corrected chi connectivity index (χ2v) is 7.65. The van der Waals surface area contributed by atoms with Crippen LogP contribution in [0, 0.1) is 5.92 Å². The minimum Gasteiger partial charge on any atom is -0.494 e. The monoisotopic (exact) mass is 363 g/mol. The molecule has 1 atom stereocenters. The van der Waals surface area contributed by atoms with E-state index in [4.69, 9.17) is 9.73 Å². The highest BCUT2D eigenvalue weighted by Gasteiger charge is 2.19. The van der Waals surface area contributed by atoms with Crippen LogP contribution < -0.4 is 0 Å². The van der Waals surface area contributed by atoms with E-state index in [2.05, 4.69) is 28.3 Å². The van der Waals surface area contributed by atoms with E-state index in [9.17, 15) is 0 Å². The molecule has 0 amide bonds. The molecule has 3 heterocycles. The molecule has 27 heavy (non-hydrogen) atoms. The molecule has 0 radical (unpaired) electrons. The van der Waals surface area contributed by atoms with Gasteiger partial charge in [0.25, 0.3) is 0 Å². The predicted molar refractivity (Wildman–Crippen MR) is 110 cm³/mol. The number of allylic oxidation sites excluding steroid dienone is 2. The molecule has 4 heteroatoms. The van der Waals surface area contributed by atoms with Crippen LogP contribution in [-0.4, -0.2) is 22.8 Å². The molecule has 2 N–H and O–H groups in total. The Kier molecular flexibility index (Phi) is 5.61. The van der Waals surface area contributed by atoms with Crippen LogP contribution in [0.15, 0.2) is 59.2 Å². The standard InChI is InChI=1S/C23H29N3O/c1-27-23-15-21(20-10-7-11-24-20)26-22(23)14-17-8-5-3-2-4-6-9-19-13-18(12-17)16-25-19/h7,10-11,13-17,24-25H,2-6,8-9,12H2,1H3. The summed E-state index contributed by atoms with van der Waals surface area (Å²) in [7, 11) is 1.73. The number of aromatic amines is 2. The highest BCUT2D eigenvalue weighted by Crippen LogP contribution is 2.28. The quantitative estimate of drug-likeness (QED) is 0.762. The molecule has 0 aromatic carbocycles. The summed E-state index contributed by atoms with van der Waals surface area (Å²) < 4.78 is 5.62. The summed E-state index contributed by atoms with van der Waals surface area (Å²) in [5, 5.41) is 0. The maximum atomic E-state index is 5.62. The molecule has 2 aromatic heterocycles. The molecule has 2 bridgehead atoms. The number of fused-ring (bicyclic) bond motifs is 2. The predicted octanol–water partition coefficient (Wildman–Crippen LogP) is 5.32. The van der Waals surface area contributed by atoms with Gasteiger partial charge in [-0.1, -0.05) is 31.8 Å². The lowest BCUT2D eigenvalue weighted by molar-refractivity contribution is 0.301. The second kappa shape index (κ2) is 8.47. The number of hydrogen-bond donors (Lipinski definition) is 2. The SMILES string of the molecule is COC1=CC(c2ccc[nH]2)=NC1=CC1CCCCCCCc2cc(c[nH]2)C1. The van der Waals surface area contributed by atoms with Crippen molar-refractivity contribution in [3.63, 3.8) is 0 Å². The fourth-order valence-electron chi connectivity index (χ4n) is 4.10. The summed E-state index contributed by atoms with van der Waals surface area (Å²) in [6.07, 6.45) is 18.5. The minimum absolute atomic E-state index is 0.480. The summed E-state index contributed by atoms with van der Waals surface area (Å²) >= 11 is 0. The lowest BCUT2D eigenvalue weighted by atomic mass is 9.92. The zero-order chi connectivity index (χ0) is 18.5. The first kappa shape index (κ1) is 17.9. The van der Waals surface area contributed by atoms with E-state index >= 15 is 0 Å². The van der Waals surface area contributed by atoms with Gasteiger partial charge in [-0.2, -0.15) is 0 Å². The summed E-state index contributed by atoms with van der Waals surface area (Å²) in [5.74, 6) is 1.34. The molecule has 1 unspecified atom stereocenters. The van der Waals surface area contributed by atoms with Crippen molar-refractivity contribution in [2.24, 2.45) is 10.9 Å². The van der Waals surface area contributed by atoms with E-state index in [1.54, 1.807) is 7.11 Å². The van der Waals surface area contributed by atoms with Crippen LogP contribution in [-0.2, 0) is 17.6 Å². The molecule has 1 aliphatic carbocycles. The molecule has 0 spiro atoms. The van der Waals surface area contributed by atoms with Crippen LogP contribution in [0.1, 0.15) is 55.5 Å². The number of methoxy groups -OCH3 is 1. The summed E-state index contributed by atoms with van der Waals surface area (Å²) in [6, 6.07) is 6.39. The molecule has 1 aliphatic heterocycles. The van der Waals surface area contributed by atoms with E-state index in [0.29, 0.717) is 5.92 Å². The van der Waals surface area contributed by atoms with Gasteiger partial charge in [-0.3, -0.25) is 0 Å². The number of H-pyrrole nitrogens is 2. The largest absolute Gasteiger partial charge is 0.494 e. The first-order valence-corrected chi connectivity index (χ1v) is 10.2. The Morgan fingerprint density at radius 1 is 1.15 bits per heavy atom. The molecular formula is C23H29N3O. The molecule has 4 rings (SSSR count). The van der Waals surface area contributed by atoms with E-state index in [1.807, 2.05) is 24.4 Å². The molecule has 0 saturated carbocycles. The van der Waals surface area contributed by atoms with E-state index < -0.39 is 0 Å². The van der Waals surface area contributed by atoms with Crippen molar-refractivity contribution in [2.75, 3.05) is 7.11 Å². The molecule has 2 aliphatic rings. The molecule has 0 saturated heterocycles. The van der Waals surface area contributed by atoms with Crippen LogP contribution in [0.25, 0.3) is 0 Å². The number of aliphatic imine (C=N–C) groups is 1. The van der Waals surface area contributed by atoms with Crippen LogP contribution in [0.2, 0.25) is 0 Å². The third-order valence-corrected chi connectivity index (χ3v) is 5.57.